The van der Waals surface area contributed by atoms with E-state index in [1.54, 1.807) is 0 Å². The first-order valence-electron chi connectivity index (χ1n) is 8.19. The molecule has 0 aliphatic carbocycles. The maximum absolute atomic E-state index is 11.5. The summed E-state index contributed by atoms with van der Waals surface area (Å²) in [5.41, 5.74) is 7.46. The second-order valence-corrected chi connectivity index (χ2v) is 6.74. The fourth-order valence-electron chi connectivity index (χ4n) is 3.07. The highest BCUT2D eigenvalue weighted by atomic mass is 35.5. The Hall–Kier alpha value is -2.08. The number of benzene rings is 2. The summed E-state index contributed by atoms with van der Waals surface area (Å²) in [4.78, 5) is 13.4. The molecule has 0 aromatic heterocycles. The van der Waals surface area contributed by atoms with Crippen LogP contribution in [0, 0.1) is 0 Å². The Morgan fingerprint density at radius 3 is 2.68 bits per heavy atom. The Balaban J connectivity index is 1.58. The predicted molar refractivity (Wildman–Crippen MR) is 96.2 cm³/mol. The van der Waals surface area contributed by atoms with Gasteiger partial charge in [-0.1, -0.05) is 35.9 Å². The molecule has 1 fully saturated rings. The van der Waals surface area contributed by atoms with E-state index in [4.69, 9.17) is 22.1 Å². The summed E-state index contributed by atoms with van der Waals surface area (Å²) in [6, 6.07) is 14.8. The number of aliphatic hydroxyl groups is 1. The Morgan fingerprint density at radius 1 is 1.24 bits per heavy atom. The number of ether oxygens (including phenoxy) is 1. The molecule has 1 aliphatic heterocycles. The quantitative estimate of drug-likeness (QED) is 0.829. The first kappa shape index (κ1) is 17.7. The number of primary amides is 1. The number of β-amino-alcohol motifs (C(OH)–C–C–N with tert-alkyl or cyclic N) is 1. The number of halogens is 1. The third-order valence-electron chi connectivity index (χ3n) is 4.31. The molecule has 2 aromatic carbocycles. The van der Waals surface area contributed by atoms with E-state index in [0.29, 0.717) is 31.1 Å². The normalized spacial score (nSPS) is 20.6. The van der Waals surface area contributed by atoms with Gasteiger partial charge in [0, 0.05) is 18.1 Å². The minimum Gasteiger partial charge on any atom is -0.489 e. The molecule has 2 aromatic rings. The lowest BCUT2D eigenvalue weighted by atomic mass is 10.1. The fourth-order valence-corrected chi connectivity index (χ4v) is 3.28. The van der Waals surface area contributed by atoms with Crippen LogP contribution in [0.25, 0.3) is 0 Å². The lowest BCUT2D eigenvalue weighted by molar-refractivity contribution is -0.122. The Bertz CT molecular complexity index is 736. The highest BCUT2D eigenvalue weighted by molar-refractivity contribution is 6.30. The number of amides is 1. The average Bonchev–Trinajstić information content (AvgIpc) is 2.95. The Labute approximate surface area is 152 Å². The highest BCUT2D eigenvalue weighted by Crippen LogP contribution is 2.22. The lowest BCUT2D eigenvalue weighted by Gasteiger charge is -2.21. The zero-order chi connectivity index (χ0) is 17.8. The van der Waals surface area contributed by atoms with E-state index < -0.39 is 18.1 Å². The van der Waals surface area contributed by atoms with Crippen molar-refractivity contribution < 1.29 is 14.6 Å². The third kappa shape index (κ3) is 4.72. The van der Waals surface area contributed by atoms with Crippen LogP contribution in [0.4, 0.5) is 0 Å². The van der Waals surface area contributed by atoms with E-state index in [2.05, 4.69) is 0 Å². The lowest BCUT2D eigenvalue weighted by Crippen LogP contribution is -2.39. The van der Waals surface area contributed by atoms with Crippen molar-refractivity contribution in [2.45, 2.75) is 31.7 Å². The summed E-state index contributed by atoms with van der Waals surface area (Å²) in [5, 5.41) is 10.4. The Morgan fingerprint density at radius 2 is 2.00 bits per heavy atom. The molecule has 3 rings (SSSR count). The molecular formula is C19H21ClN2O3. The van der Waals surface area contributed by atoms with Crippen LogP contribution in [0.1, 0.15) is 17.5 Å². The molecule has 1 heterocycles. The van der Waals surface area contributed by atoms with E-state index in [9.17, 15) is 9.90 Å². The highest BCUT2D eigenvalue weighted by Gasteiger charge is 2.34. The molecule has 0 spiro atoms. The first-order chi connectivity index (χ1) is 12.0. The van der Waals surface area contributed by atoms with Crippen LogP contribution in [0.3, 0.4) is 0 Å². The average molecular weight is 361 g/mol. The van der Waals surface area contributed by atoms with Crippen LogP contribution in [0.2, 0.25) is 5.02 Å². The SMILES string of the molecule is NC(=O)[C@@H]1CC(O)CN1Cc1ccc(OCc2cccc(Cl)c2)cc1. The summed E-state index contributed by atoms with van der Waals surface area (Å²) in [7, 11) is 0. The van der Waals surface area contributed by atoms with Crippen molar-refractivity contribution in [3.8, 4) is 5.75 Å². The van der Waals surface area contributed by atoms with E-state index in [1.165, 1.54) is 0 Å². The van der Waals surface area contributed by atoms with Gasteiger partial charge in [-0.2, -0.15) is 0 Å². The van der Waals surface area contributed by atoms with Crippen molar-refractivity contribution in [1.29, 1.82) is 0 Å². The summed E-state index contributed by atoms with van der Waals surface area (Å²) in [6.07, 6.45) is -0.103. The molecule has 2 atom stereocenters. The van der Waals surface area contributed by atoms with Crippen molar-refractivity contribution in [2.75, 3.05) is 6.54 Å². The number of likely N-dealkylation sites (tertiary alicyclic amines) is 1. The molecule has 132 valence electrons. The van der Waals surface area contributed by atoms with E-state index in [-0.39, 0.29) is 0 Å². The van der Waals surface area contributed by atoms with E-state index in [0.717, 1.165) is 16.9 Å². The molecule has 25 heavy (non-hydrogen) atoms. The van der Waals surface area contributed by atoms with E-state index in [1.807, 2.05) is 53.4 Å². The third-order valence-corrected chi connectivity index (χ3v) is 4.55. The van der Waals surface area contributed by atoms with Gasteiger partial charge in [-0.25, -0.2) is 0 Å². The number of hydrogen-bond donors (Lipinski definition) is 2. The van der Waals surface area contributed by atoms with Gasteiger partial charge >= 0.3 is 0 Å². The topological polar surface area (TPSA) is 75.8 Å². The monoisotopic (exact) mass is 360 g/mol. The van der Waals surface area contributed by atoms with Crippen LogP contribution in [-0.2, 0) is 17.9 Å². The van der Waals surface area contributed by atoms with Crippen LogP contribution < -0.4 is 10.5 Å². The summed E-state index contributed by atoms with van der Waals surface area (Å²) in [6.45, 7) is 1.47. The number of carbonyl (C=O) groups is 1. The van der Waals surface area contributed by atoms with Gasteiger partial charge in [0.2, 0.25) is 5.91 Å². The smallest absolute Gasteiger partial charge is 0.234 e. The molecule has 1 amide bonds. The summed E-state index contributed by atoms with van der Waals surface area (Å²) >= 11 is 5.96. The molecular weight excluding hydrogens is 340 g/mol. The maximum atomic E-state index is 11.5. The molecule has 1 aliphatic rings. The molecule has 0 saturated carbocycles. The number of hydrogen-bond acceptors (Lipinski definition) is 4. The van der Waals surface area contributed by atoms with Gasteiger partial charge in [0.25, 0.3) is 0 Å². The maximum Gasteiger partial charge on any atom is 0.234 e. The van der Waals surface area contributed by atoms with Crippen molar-refractivity contribution in [3.63, 3.8) is 0 Å². The van der Waals surface area contributed by atoms with Crippen molar-refractivity contribution >= 4 is 17.5 Å². The zero-order valence-corrected chi connectivity index (χ0v) is 14.5. The largest absolute Gasteiger partial charge is 0.489 e. The summed E-state index contributed by atoms with van der Waals surface area (Å²) in [5.74, 6) is 0.370. The van der Waals surface area contributed by atoms with E-state index >= 15 is 0 Å². The minimum absolute atomic E-state index is 0.391. The van der Waals surface area contributed by atoms with Gasteiger partial charge in [-0.15, -0.1) is 0 Å². The van der Waals surface area contributed by atoms with Gasteiger partial charge in [0.05, 0.1) is 12.1 Å². The Kier molecular flexibility index (Phi) is 5.58. The van der Waals surface area contributed by atoms with Gasteiger partial charge in [0.15, 0.2) is 0 Å². The molecule has 3 N–H and O–H groups in total. The number of carbonyl (C=O) groups excluding carboxylic acids is 1. The van der Waals surface area contributed by atoms with Gasteiger partial charge in [-0.3, -0.25) is 9.69 Å². The number of rotatable bonds is 6. The molecule has 0 bridgehead atoms. The van der Waals surface area contributed by atoms with Crippen LogP contribution in [0.5, 0.6) is 5.75 Å². The second kappa shape index (κ2) is 7.87. The second-order valence-electron chi connectivity index (χ2n) is 6.30. The van der Waals surface area contributed by atoms with Gasteiger partial charge in [0.1, 0.15) is 12.4 Å². The van der Waals surface area contributed by atoms with Gasteiger partial charge in [-0.05, 0) is 41.8 Å². The standard InChI is InChI=1S/C19H21ClN2O3/c20-15-3-1-2-14(8-15)12-25-17-6-4-13(5-7-17)10-22-11-16(23)9-18(22)19(21)24/h1-8,16,18,23H,9-12H2,(H2,21,24)/t16?,18-/m0/s1. The number of nitrogens with two attached hydrogens (primary N) is 1. The zero-order valence-electron chi connectivity index (χ0n) is 13.8. The van der Waals surface area contributed by atoms with Gasteiger partial charge < -0.3 is 15.6 Å². The minimum atomic E-state index is -0.502. The van der Waals surface area contributed by atoms with Crippen molar-refractivity contribution in [3.05, 3.63) is 64.7 Å². The van der Waals surface area contributed by atoms with Crippen molar-refractivity contribution in [2.24, 2.45) is 5.73 Å². The number of aliphatic hydroxyl groups excluding tert-OH is 1. The summed E-state index contributed by atoms with van der Waals surface area (Å²) < 4.78 is 5.76. The predicted octanol–water partition coefficient (Wildman–Crippen LogP) is 2.34. The number of nitrogens with zero attached hydrogens (tertiary/aromatic N) is 1. The molecule has 1 unspecified atom stereocenters. The molecule has 6 heteroatoms. The van der Waals surface area contributed by atoms with Crippen molar-refractivity contribution in [1.82, 2.24) is 4.90 Å². The fraction of sp³-hybridized carbons (Fsp3) is 0.316. The first-order valence-corrected chi connectivity index (χ1v) is 8.56. The molecule has 5 nitrogen and oxygen atoms in total. The van der Waals surface area contributed by atoms with Crippen LogP contribution in [0.15, 0.2) is 48.5 Å². The van der Waals surface area contributed by atoms with Crippen LogP contribution in [-0.4, -0.2) is 34.6 Å². The molecule has 0 radical (unpaired) electrons. The van der Waals surface area contributed by atoms with Crippen LogP contribution >= 0.6 is 11.6 Å². The molecule has 1 saturated heterocycles.